The van der Waals surface area contributed by atoms with Crippen LogP contribution < -0.4 is 5.73 Å². The lowest BCUT2D eigenvalue weighted by Gasteiger charge is -2.27. The maximum Gasteiger partial charge on any atom is 0.223 e. The molecule has 1 fully saturated rings. The van der Waals surface area contributed by atoms with Crippen LogP contribution in [0.25, 0.3) is 0 Å². The molecule has 0 aliphatic heterocycles. The van der Waals surface area contributed by atoms with Crippen LogP contribution >= 0.6 is 0 Å². The number of primary amides is 1. The topological polar surface area (TPSA) is 43.1 Å². The van der Waals surface area contributed by atoms with Crippen LogP contribution in [-0.4, -0.2) is 5.91 Å². The molecule has 2 nitrogen and oxygen atoms in total. The van der Waals surface area contributed by atoms with Crippen LogP contribution in [0.4, 0.5) is 0 Å². The molecule has 2 heteroatoms. The predicted molar refractivity (Wildman–Crippen MR) is 58.8 cm³/mol. The second kappa shape index (κ2) is 4.81. The first-order valence-corrected chi connectivity index (χ1v) is 5.94. The number of amides is 1. The van der Waals surface area contributed by atoms with E-state index in [-0.39, 0.29) is 11.3 Å². The molecule has 1 saturated carbocycles. The van der Waals surface area contributed by atoms with Crippen molar-refractivity contribution in [2.45, 2.75) is 58.8 Å². The Kier molecular flexibility index (Phi) is 3.97. The highest BCUT2D eigenvalue weighted by Gasteiger charge is 2.36. The molecule has 14 heavy (non-hydrogen) atoms. The first-order chi connectivity index (χ1) is 6.64. The van der Waals surface area contributed by atoms with Crippen LogP contribution in [0.5, 0.6) is 0 Å². The maximum atomic E-state index is 11.5. The van der Waals surface area contributed by atoms with Gasteiger partial charge in [0.2, 0.25) is 5.91 Å². The smallest absolute Gasteiger partial charge is 0.223 e. The van der Waals surface area contributed by atoms with Gasteiger partial charge in [0, 0.05) is 5.41 Å². The second-order valence-corrected chi connectivity index (χ2v) is 4.70. The minimum atomic E-state index is -0.177. The number of hydrogen-bond acceptors (Lipinski definition) is 1. The molecule has 0 spiro atoms. The van der Waals surface area contributed by atoms with E-state index in [0.29, 0.717) is 0 Å². The van der Waals surface area contributed by atoms with E-state index in [9.17, 15) is 4.79 Å². The number of nitrogens with two attached hydrogens (primary N) is 1. The fraction of sp³-hybridized carbons (Fsp3) is 0.917. The normalized spacial score (nSPS) is 33.7. The largest absolute Gasteiger partial charge is 0.369 e. The lowest BCUT2D eigenvalue weighted by Crippen LogP contribution is -2.36. The van der Waals surface area contributed by atoms with Gasteiger partial charge in [-0.3, -0.25) is 4.79 Å². The number of carbonyl (C=O) groups excluding carboxylic acids is 1. The first-order valence-electron chi connectivity index (χ1n) is 5.94. The summed E-state index contributed by atoms with van der Waals surface area (Å²) in [5.74, 6) is 0.750. The Bertz CT molecular complexity index is 202. The maximum absolute atomic E-state index is 11.5. The van der Waals surface area contributed by atoms with Gasteiger partial charge >= 0.3 is 0 Å². The summed E-state index contributed by atoms with van der Waals surface area (Å²) in [5.41, 5.74) is 5.35. The van der Waals surface area contributed by atoms with E-state index in [4.69, 9.17) is 5.73 Å². The van der Waals surface area contributed by atoms with E-state index >= 15 is 0 Å². The summed E-state index contributed by atoms with van der Waals surface area (Å²) in [6.45, 7) is 4.34. The Labute approximate surface area is 87.2 Å². The predicted octanol–water partition coefficient (Wildman–Crippen LogP) is 2.86. The van der Waals surface area contributed by atoms with Crippen molar-refractivity contribution in [2.75, 3.05) is 0 Å². The molecule has 0 radical (unpaired) electrons. The van der Waals surface area contributed by atoms with E-state index in [1.54, 1.807) is 0 Å². The average Bonchev–Trinajstić information content (AvgIpc) is 2.40. The van der Waals surface area contributed by atoms with Crippen molar-refractivity contribution in [3.05, 3.63) is 0 Å². The molecule has 0 saturated heterocycles. The summed E-state index contributed by atoms with van der Waals surface area (Å²) in [4.78, 5) is 11.5. The van der Waals surface area contributed by atoms with E-state index in [0.717, 1.165) is 25.2 Å². The summed E-state index contributed by atoms with van der Waals surface area (Å²) in [5, 5.41) is 0. The van der Waals surface area contributed by atoms with Gasteiger partial charge < -0.3 is 5.73 Å². The summed E-state index contributed by atoms with van der Waals surface area (Å²) in [7, 11) is 0. The minimum absolute atomic E-state index is 0.0725. The van der Waals surface area contributed by atoms with E-state index in [1.165, 1.54) is 25.7 Å². The molecule has 2 atom stereocenters. The van der Waals surface area contributed by atoms with E-state index in [2.05, 4.69) is 13.8 Å². The molecule has 1 amide bonds. The summed E-state index contributed by atoms with van der Waals surface area (Å²) < 4.78 is 0. The molecule has 0 bridgehead atoms. The summed E-state index contributed by atoms with van der Waals surface area (Å²) in [6.07, 6.45) is 7.83. The Hall–Kier alpha value is -0.530. The molecule has 2 N–H and O–H groups in total. The van der Waals surface area contributed by atoms with E-state index < -0.39 is 0 Å². The Balaban J connectivity index is 2.66. The van der Waals surface area contributed by atoms with Gasteiger partial charge in [-0.15, -0.1) is 0 Å². The van der Waals surface area contributed by atoms with E-state index in [1.807, 2.05) is 0 Å². The molecule has 2 unspecified atom stereocenters. The highest BCUT2D eigenvalue weighted by Crippen LogP contribution is 2.40. The van der Waals surface area contributed by atoms with Gasteiger partial charge in [-0.05, 0) is 31.6 Å². The highest BCUT2D eigenvalue weighted by atomic mass is 16.1. The van der Waals surface area contributed by atoms with Gasteiger partial charge in [0.25, 0.3) is 0 Å². The lowest BCUT2D eigenvalue weighted by atomic mass is 9.77. The quantitative estimate of drug-likeness (QED) is 0.695. The van der Waals surface area contributed by atoms with Crippen LogP contribution in [0.15, 0.2) is 0 Å². The standard InChI is InChI=1S/C12H23NO/c1-3-10-6-5-8-12(4-2,9-7-10)11(13)14/h10H,3-9H2,1-2H3,(H2,13,14). The van der Waals surface area contributed by atoms with Crippen molar-refractivity contribution in [3.8, 4) is 0 Å². The Morgan fingerprint density at radius 1 is 1.36 bits per heavy atom. The van der Waals surface area contributed by atoms with Gasteiger partial charge in [0.15, 0.2) is 0 Å². The zero-order valence-corrected chi connectivity index (χ0v) is 9.51. The van der Waals surface area contributed by atoms with Crippen molar-refractivity contribution < 1.29 is 4.79 Å². The van der Waals surface area contributed by atoms with Gasteiger partial charge in [0.1, 0.15) is 0 Å². The molecule has 0 aromatic rings. The fourth-order valence-electron chi connectivity index (χ4n) is 2.66. The average molecular weight is 197 g/mol. The first kappa shape index (κ1) is 11.5. The Morgan fingerprint density at radius 2 is 2.07 bits per heavy atom. The van der Waals surface area contributed by atoms with Crippen LogP contribution in [0, 0.1) is 11.3 Å². The van der Waals surface area contributed by atoms with Crippen molar-refractivity contribution in [2.24, 2.45) is 17.1 Å². The van der Waals surface area contributed by atoms with Gasteiger partial charge in [0.05, 0.1) is 0 Å². The summed E-state index contributed by atoms with van der Waals surface area (Å²) in [6, 6.07) is 0. The third-order valence-electron chi connectivity index (χ3n) is 4.08. The highest BCUT2D eigenvalue weighted by molar-refractivity contribution is 5.80. The number of carbonyl (C=O) groups is 1. The lowest BCUT2D eigenvalue weighted by molar-refractivity contribution is -0.128. The molecule has 0 aromatic heterocycles. The van der Waals surface area contributed by atoms with Crippen molar-refractivity contribution in [3.63, 3.8) is 0 Å². The third kappa shape index (κ3) is 2.28. The minimum Gasteiger partial charge on any atom is -0.369 e. The zero-order chi connectivity index (χ0) is 10.6. The molecule has 0 aromatic carbocycles. The zero-order valence-electron chi connectivity index (χ0n) is 9.51. The third-order valence-corrected chi connectivity index (χ3v) is 4.08. The summed E-state index contributed by atoms with van der Waals surface area (Å²) >= 11 is 0. The molecule has 0 heterocycles. The van der Waals surface area contributed by atoms with Crippen molar-refractivity contribution >= 4 is 5.91 Å². The molecule has 1 aliphatic rings. The van der Waals surface area contributed by atoms with Gasteiger partial charge in [-0.1, -0.05) is 33.1 Å². The van der Waals surface area contributed by atoms with Crippen LogP contribution in [0.1, 0.15) is 58.8 Å². The number of hydrogen-bond donors (Lipinski definition) is 1. The van der Waals surface area contributed by atoms with Crippen LogP contribution in [-0.2, 0) is 4.79 Å². The monoisotopic (exact) mass is 197 g/mol. The fourth-order valence-corrected chi connectivity index (χ4v) is 2.66. The van der Waals surface area contributed by atoms with Gasteiger partial charge in [-0.2, -0.15) is 0 Å². The SMILES string of the molecule is CCC1CCCC(CC)(C(N)=O)CC1. The molecule has 1 rings (SSSR count). The molecular formula is C12H23NO. The second-order valence-electron chi connectivity index (χ2n) is 4.70. The van der Waals surface area contributed by atoms with Crippen LogP contribution in [0.3, 0.4) is 0 Å². The van der Waals surface area contributed by atoms with Gasteiger partial charge in [-0.25, -0.2) is 0 Å². The van der Waals surface area contributed by atoms with Crippen LogP contribution in [0.2, 0.25) is 0 Å². The van der Waals surface area contributed by atoms with Crippen molar-refractivity contribution in [1.82, 2.24) is 0 Å². The Morgan fingerprint density at radius 3 is 2.57 bits per heavy atom. The molecular weight excluding hydrogens is 174 g/mol. The number of rotatable bonds is 3. The van der Waals surface area contributed by atoms with Crippen molar-refractivity contribution in [1.29, 1.82) is 0 Å². The molecule has 82 valence electrons. The molecule has 1 aliphatic carbocycles.